The van der Waals surface area contributed by atoms with Crippen LogP contribution in [0.15, 0.2) is 46.9 Å². The number of ether oxygens (including phenoxy) is 1. The average Bonchev–Trinajstić information content (AvgIpc) is 2.46. The molecule has 0 spiro atoms. The Balaban J connectivity index is 2.20. The fourth-order valence-corrected chi connectivity index (χ4v) is 2.30. The molecule has 110 valence electrons. The maximum atomic E-state index is 10.8. The van der Waals surface area contributed by atoms with Crippen LogP contribution in [0.1, 0.15) is 25.0 Å². The summed E-state index contributed by atoms with van der Waals surface area (Å²) in [7, 11) is 0. The highest BCUT2D eigenvalue weighted by Gasteiger charge is 2.10. The minimum atomic E-state index is -0.494. The Morgan fingerprint density at radius 1 is 1.24 bits per heavy atom. The van der Waals surface area contributed by atoms with Gasteiger partial charge >= 0.3 is 0 Å². The fraction of sp³-hybridized carbons (Fsp3) is 0.200. The maximum Gasteiger partial charge on any atom is 0.274 e. The number of aliphatic hydroxyl groups excluding tert-OH is 1. The van der Waals surface area contributed by atoms with Crippen molar-refractivity contribution in [3.8, 4) is 11.5 Å². The predicted octanol–water partition coefficient (Wildman–Crippen LogP) is 4.59. The van der Waals surface area contributed by atoms with Crippen molar-refractivity contribution in [1.82, 2.24) is 0 Å². The molecule has 0 aliphatic carbocycles. The smallest absolute Gasteiger partial charge is 0.274 e. The van der Waals surface area contributed by atoms with Crippen molar-refractivity contribution in [1.29, 1.82) is 0 Å². The van der Waals surface area contributed by atoms with E-state index in [0.29, 0.717) is 22.4 Å². The summed E-state index contributed by atoms with van der Waals surface area (Å²) in [4.78, 5) is 10.3. The van der Waals surface area contributed by atoms with Crippen LogP contribution in [0.3, 0.4) is 0 Å². The van der Waals surface area contributed by atoms with Gasteiger partial charge in [-0.25, -0.2) is 0 Å². The highest BCUT2D eigenvalue weighted by atomic mass is 79.9. The largest absolute Gasteiger partial charge is 0.457 e. The molecule has 0 unspecified atom stereocenters. The van der Waals surface area contributed by atoms with E-state index >= 15 is 0 Å². The highest BCUT2D eigenvalue weighted by molar-refractivity contribution is 9.10. The number of nitro groups is 1. The van der Waals surface area contributed by atoms with Gasteiger partial charge in [-0.15, -0.1) is 0 Å². The Morgan fingerprint density at radius 2 is 1.90 bits per heavy atom. The van der Waals surface area contributed by atoms with Crippen LogP contribution in [0, 0.1) is 10.1 Å². The average molecular weight is 352 g/mol. The lowest BCUT2D eigenvalue weighted by molar-refractivity contribution is -0.385. The normalized spacial score (nSPS) is 12.0. The van der Waals surface area contributed by atoms with E-state index in [4.69, 9.17) is 4.74 Å². The third-order valence-electron chi connectivity index (χ3n) is 2.95. The first kappa shape index (κ1) is 15.5. The Morgan fingerprint density at radius 3 is 2.48 bits per heavy atom. The van der Waals surface area contributed by atoms with Crippen LogP contribution < -0.4 is 4.74 Å². The summed E-state index contributed by atoms with van der Waals surface area (Å²) in [5.41, 5.74) is 0.766. The van der Waals surface area contributed by atoms with Crippen molar-refractivity contribution in [3.63, 3.8) is 0 Å². The van der Waals surface area contributed by atoms with Crippen LogP contribution in [-0.4, -0.2) is 10.0 Å². The van der Waals surface area contributed by atoms with Gasteiger partial charge in [0.1, 0.15) is 11.5 Å². The van der Waals surface area contributed by atoms with E-state index in [1.54, 1.807) is 30.3 Å². The molecule has 0 radical (unpaired) electrons. The number of benzene rings is 2. The van der Waals surface area contributed by atoms with E-state index in [9.17, 15) is 15.2 Å². The Bertz CT molecular complexity index is 643. The minimum Gasteiger partial charge on any atom is -0.457 e. The SMILES string of the molecule is CC[C@H](O)c1ccc(Oc2cc(Br)cc([N+](=O)[O-])c2)cc1. The molecule has 2 rings (SSSR count). The summed E-state index contributed by atoms with van der Waals surface area (Å²) in [6.45, 7) is 1.90. The zero-order valence-electron chi connectivity index (χ0n) is 11.3. The highest BCUT2D eigenvalue weighted by Crippen LogP contribution is 2.30. The standard InChI is InChI=1S/C15H14BrNO4/c1-2-15(18)10-3-5-13(6-4-10)21-14-8-11(16)7-12(9-14)17(19)20/h3-9,15,18H,2H2,1H3/t15-/m0/s1. The lowest BCUT2D eigenvalue weighted by atomic mass is 10.1. The molecule has 0 fully saturated rings. The lowest BCUT2D eigenvalue weighted by Crippen LogP contribution is -1.95. The second-order valence-electron chi connectivity index (χ2n) is 4.50. The molecule has 2 aromatic rings. The summed E-state index contributed by atoms with van der Waals surface area (Å²) in [5.74, 6) is 0.925. The van der Waals surface area contributed by atoms with Crippen molar-refractivity contribution in [2.75, 3.05) is 0 Å². The van der Waals surface area contributed by atoms with Crippen molar-refractivity contribution >= 4 is 21.6 Å². The molecule has 0 bridgehead atoms. The maximum absolute atomic E-state index is 10.8. The van der Waals surface area contributed by atoms with Gasteiger partial charge in [0.25, 0.3) is 5.69 Å². The van der Waals surface area contributed by atoms with Crippen molar-refractivity contribution < 1.29 is 14.8 Å². The first-order valence-corrected chi connectivity index (χ1v) is 7.19. The predicted molar refractivity (Wildman–Crippen MR) is 82.6 cm³/mol. The number of rotatable bonds is 5. The van der Waals surface area contributed by atoms with Gasteiger partial charge in [0.05, 0.1) is 17.1 Å². The first-order valence-electron chi connectivity index (χ1n) is 6.40. The molecule has 5 nitrogen and oxygen atoms in total. The van der Waals surface area contributed by atoms with Gasteiger partial charge in [-0.05, 0) is 30.2 Å². The topological polar surface area (TPSA) is 72.6 Å². The number of halogens is 1. The van der Waals surface area contributed by atoms with Crippen LogP contribution in [0.2, 0.25) is 0 Å². The van der Waals surface area contributed by atoms with Gasteiger partial charge < -0.3 is 9.84 Å². The molecular formula is C15H14BrNO4. The number of hydrogen-bond donors (Lipinski definition) is 1. The summed E-state index contributed by atoms with van der Waals surface area (Å²) in [5, 5.41) is 20.5. The van der Waals surface area contributed by atoms with Gasteiger partial charge in [-0.1, -0.05) is 35.0 Å². The van der Waals surface area contributed by atoms with Crippen LogP contribution in [0.5, 0.6) is 11.5 Å². The van der Waals surface area contributed by atoms with Crippen molar-refractivity contribution in [3.05, 3.63) is 62.6 Å². The Hall–Kier alpha value is -1.92. The third-order valence-corrected chi connectivity index (χ3v) is 3.41. The number of non-ortho nitro benzene ring substituents is 1. The number of nitro benzene ring substituents is 1. The van der Waals surface area contributed by atoms with Crippen LogP contribution in [0.4, 0.5) is 5.69 Å². The molecule has 2 aromatic carbocycles. The van der Waals surface area contributed by atoms with E-state index in [-0.39, 0.29) is 5.69 Å². The zero-order valence-corrected chi connectivity index (χ0v) is 12.9. The monoisotopic (exact) mass is 351 g/mol. The second kappa shape index (κ2) is 6.69. The molecular weight excluding hydrogens is 338 g/mol. The number of aliphatic hydroxyl groups is 1. The van der Waals surface area contributed by atoms with E-state index in [1.165, 1.54) is 12.1 Å². The molecule has 1 atom stereocenters. The van der Waals surface area contributed by atoms with Gasteiger partial charge in [-0.3, -0.25) is 10.1 Å². The molecule has 0 amide bonds. The molecule has 0 aliphatic heterocycles. The molecule has 21 heavy (non-hydrogen) atoms. The molecule has 0 heterocycles. The molecule has 0 aromatic heterocycles. The fourth-order valence-electron chi connectivity index (χ4n) is 1.84. The Labute approximate surface area is 130 Å². The van der Waals surface area contributed by atoms with Gasteiger partial charge in [0.2, 0.25) is 0 Å². The van der Waals surface area contributed by atoms with Gasteiger partial charge in [-0.2, -0.15) is 0 Å². The van der Waals surface area contributed by atoms with E-state index < -0.39 is 11.0 Å². The summed E-state index contributed by atoms with van der Waals surface area (Å²) < 4.78 is 6.18. The summed E-state index contributed by atoms with van der Waals surface area (Å²) >= 11 is 3.22. The number of nitrogens with zero attached hydrogens (tertiary/aromatic N) is 1. The second-order valence-corrected chi connectivity index (χ2v) is 5.41. The quantitative estimate of drug-likeness (QED) is 0.631. The minimum absolute atomic E-state index is 0.0441. The van der Waals surface area contributed by atoms with Gasteiger partial charge in [0.15, 0.2) is 0 Å². The van der Waals surface area contributed by atoms with Crippen LogP contribution in [-0.2, 0) is 0 Å². The van der Waals surface area contributed by atoms with Crippen LogP contribution >= 0.6 is 15.9 Å². The molecule has 1 N–H and O–H groups in total. The molecule has 0 saturated carbocycles. The number of hydrogen-bond acceptors (Lipinski definition) is 4. The van der Waals surface area contributed by atoms with Gasteiger partial charge in [0, 0.05) is 10.5 Å². The Kier molecular flexibility index (Phi) is 4.93. The van der Waals surface area contributed by atoms with Crippen molar-refractivity contribution in [2.24, 2.45) is 0 Å². The molecule has 0 saturated heterocycles. The molecule has 0 aliphatic rings. The third kappa shape index (κ3) is 4.03. The summed E-state index contributed by atoms with van der Waals surface area (Å²) in [6, 6.07) is 11.4. The van der Waals surface area contributed by atoms with E-state index in [0.717, 1.165) is 5.56 Å². The molecule has 6 heteroatoms. The van der Waals surface area contributed by atoms with Crippen molar-refractivity contribution in [2.45, 2.75) is 19.4 Å². The summed E-state index contributed by atoms with van der Waals surface area (Å²) in [6.07, 6.45) is 0.142. The van der Waals surface area contributed by atoms with E-state index in [1.807, 2.05) is 6.92 Å². The van der Waals surface area contributed by atoms with Crippen LogP contribution in [0.25, 0.3) is 0 Å². The van der Waals surface area contributed by atoms with E-state index in [2.05, 4.69) is 15.9 Å². The zero-order chi connectivity index (χ0) is 15.4. The first-order chi connectivity index (χ1) is 9.99. The lowest BCUT2D eigenvalue weighted by Gasteiger charge is -2.10.